The second kappa shape index (κ2) is 8.11. The zero-order valence-electron chi connectivity index (χ0n) is 11.3. The summed E-state index contributed by atoms with van der Waals surface area (Å²) in [4.78, 5) is 10.6. The number of hydrogen-bond acceptors (Lipinski definition) is 5. The summed E-state index contributed by atoms with van der Waals surface area (Å²) in [6, 6.07) is 0. The van der Waals surface area contributed by atoms with Crippen LogP contribution in [0.2, 0.25) is 5.02 Å². The first-order chi connectivity index (χ1) is 8.63. The maximum atomic E-state index is 6.05. The molecule has 102 valence electrons. The molecule has 1 rings (SSSR count). The number of nitrogens with one attached hydrogen (secondary N) is 2. The molecule has 5 nitrogen and oxygen atoms in total. The molecule has 0 saturated carbocycles. The molecular weight excluding hydrogens is 250 g/mol. The van der Waals surface area contributed by atoms with E-state index < -0.39 is 0 Å². The topological polar surface area (TPSA) is 53.1 Å². The fraction of sp³-hybridized carbons (Fsp3) is 0.667. The van der Waals surface area contributed by atoms with Gasteiger partial charge in [-0.2, -0.15) is 4.98 Å². The SMILES string of the molecule is CCCNc1ncc(Cl)c(NCCCN(C)C)n1. The number of nitrogens with zero attached hydrogens (tertiary/aromatic N) is 3. The lowest BCUT2D eigenvalue weighted by molar-refractivity contribution is 0.405. The number of aromatic nitrogens is 2. The predicted octanol–water partition coefficient (Wildman–Crippen LogP) is 2.32. The minimum absolute atomic E-state index is 0.557. The van der Waals surface area contributed by atoms with Crippen LogP contribution in [0.15, 0.2) is 6.20 Å². The molecule has 0 bridgehead atoms. The maximum absolute atomic E-state index is 6.05. The average Bonchev–Trinajstić information content (AvgIpc) is 2.34. The normalized spacial score (nSPS) is 10.7. The molecule has 0 unspecified atom stereocenters. The zero-order valence-corrected chi connectivity index (χ0v) is 12.1. The van der Waals surface area contributed by atoms with E-state index in [9.17, 15) is 0 Å². The Morgan fingerprint density at radius 3 is 2.72 bits per heavy atom. The third-order valence-electron chi connectivity index (χ3n) is 2.35. The first-order valence-corrected chi connectivity index (χ1v) is 6.66. The van der Waals surface area contributed by atoms with Crippen LogP contribution in [0.1, 0.15) is 19.8 Å². The van der Waals surface area contributed by atoms with E-state index in [0.717, 1.165) is 32.5 Å². The van der Waals surface area contributed by atoms with Crippen LogP contribution in [0.25, 0.3) is 0 Å². The smallest absolute Gasteiger partial charge is 0.224 e. The Morgan fingerprint density at radius 1 is 1.28 bits per heavy atom. The van der Waals surface area contributed by atoms with Gasteiger partial charge in [0, 0.05) is 13.1 Å². The zero-order chi connectivity index (χ0) is 13.4. The predicted molar refractivity (Wildman–Crippen MR) is 77.5 cm³/mol. The van der Waals surface area contributed by atoms with E-state index in [2.05, 4.69) is 46.5 Å². The second-order valence-electron chi connectivity index (χ2n) is 4.40. The van der Waals surface area contributed by atoms with Crippen molar-refractivity contribution in [1.82, 2.24) is 14.9 Å². The Labute approximate surface area is 114 Å². The van der Waals surface area contributed by atoms with Gasteiger partial charge in [0.25, 0.3) is 0 Å². The monoisotopic (exact) mass is 271 g/mol. The van der Waals surface area contributed by atoms with Crippen LogP contribution in [0.4, 0.5) is 11.8 Å². The summed E-state index contributed by atoms with van der Waals surface area (Å²) in [5, 5.41) is 6.93. The summed E-state index contributed by atoms with van der Waals surface area (Å²) in [5.41, 5.74) is 0. The summed E-state index contributed by atoms with van der Waals surface area (Å²) in [6.45, 7) is 4.85. The van der Waals surface area contributed by atoms with Gasteiger partial charge in [0.15, 0.2) is 0 Å². The van der Waals surface area contributed by atoms with Crippen molar-refractivity contribution in [1.29, 1.82) is 0 Å². The molecule has 0 aliphatic carbocycles. The van der Waals surface area contributed by atoms with Crippen molar-refractivity contribution in [2.75, 3.05) is 44.4 Å². The summed E-state index contributed by atoms with van der Waals surface area (Å²) < 4.78 is 0. The van der Waals surface area contributed by atoms with Crippen molar-refractivity contribution < 1.29 is 0 Å². The summed E-state index contributed by atoms with van der Waals surface area (Å²) >= 11 is 6.05. The van der Waals surface area contributed by atoms with Crippen LogP contribution >= 0.6 is 11.6 Å². The Hall–Kier alpha value is -1.07. The van der Waals surface area contributed by atoms with Crippen LogP contribution in [-0.2, 0) is 0 Å². The molecule has 0 aliphatic heterocycles. The molecule has 0 aliphatic rings. The van der Waals surface area contributed by atoms with Crippen molar-refractivity contribution >= 4 is 23.4 Å². The number of rotatable bonds is 8. The second-order valence-corrected chi connectivity index (χ2v) is 4.81. The quantitative estimate of drug-likeness (QED) is 0.711. The highest BCUT2D eigenvalue weighted by molar-refractivity contribution is 6.32. The Balaban J connectivity index is 2.47. The van der Waals surface area contributed by atoms with Crippen molar-refractivity contribution in [3.05, 3.63) is 11.2 Å². The molecule has 0 aromatic carbocycles. The number of halogens is 1. The lowest BCUT2D eigenvalue weighted by Gasteiger charge is -2.11. The van der Waals surface area contributed by atoms with Gasteiger partial charge in [-0.3, -0.25) is 0 Å². The van der Waals surface area contributed by atoms with E-state index in [1.165, 1.54) is 0 Å². The van der Waals surface area contributed by atoms with Crippen molar-refractivity contribution in [2.24, 2.45) is 0 Å². The van der Waals surface area contributed by atoms with Crippen molar-refractivity contribution in [3.8, 4) is 0 Å². The average molecular weight is 272 g/mol. The molecule has 0 saturated heterocycles. The van der Waals surface area contributed by atoms with Gasteiger partial charge >= 0.3 is 0 Å². The molecule has 0 spiro atoms. The molecule has 6 heteroatoms. The van der Waals surface area contributed by atoms with Crippen LogP contribution in [0, 0.1) is 0 Å². The van der Waals surface area contributed by atoms with Gasteiger partial charge in [-0.15, -0.1) is 0 Å². The molecular formula is C12H22ClN5. The van der Waals surface area contributed by atoms with Crippen molar-refractivity contribution in [3.63, 3.8) is 0 Å². The molecule has 0 amide bonds. The molecule has 1 aromatic rings. The molecule has 0 atom stereocenters. The van der Waals surface area contributed by atoms with E-state index in [-0.39, 0.29) is 0 Å². The van der Waals surface area contributed by atoms with Gasteiger partial charge in [-0.25, -0.2) is 4.98 Å². The molecule has 1 aromatic heterocycles. The molecule has 1 heterocycles. The van der Waals surface area contributed by atoms with Crippen LogP contribution in [-0.4, -0.2) is 48.6 Å². The molecule has 18 heavy (non-hydrogen) atoms. The third-order valence-corrected chi connectivity index (χ3v) is 2.63. The lowest BCUT2D eigenvalue weighted by atomic mass is 10.4. The molecule has 0 fully saturated rings. The van der Waals surface area contributed by atoms with Gasteiger partial charge in [0.1, 0.15) is 10.8 Å². The highest BCUT2D eigenvalue weighted by Crippen LogP contribution is 2.19. The van der Waals surface area contributed by atoms with E-state index in [1.54, 1.807) is 6.20 Å². The van der Waals surface area contributed by atoms with E-state index >= 15 is 0 Å². The third kappa shape index (κ3) is 5.51. The first-order valence-electron chi connectivity index (χ1n) is 6.28. The van der Waals surface area contributed by atoms with E-state index in [0.29, 0.717) is 16.8 Å². The maximum Gasteiger partial charge on any atom is 0.224 e. The van der Waals surface area contributed by atoms with Gasteiger partial charge in [-0.05, 0) is 33.5 Å². The van der Waals surface area contributed by atoms with E-state index in [4.69, 9.17) is 11.6 Å². The fourth-order valence-corrected chi connectivity index (χ4v) is 1.57. The van der Waals surface area contributed by atoms with Gasteiger partial charge in [0.05, 0.1) is 6.20 Å². The van der Waals surface area contributed by atoms with Gasteiger partial charge < -0.3 is 15.5 Å². The van der Waals surface area contributed by atoms with E-state index in [1.807, 2.05) is 0 Å². The largest absolute Gasteiger partial charge is 0.369 e. The lowest BCUT2D eigenvalue weighted by Crippen LogP contribution is -2.17. The minimum Gasteiger partial charge on any atom is -0.369 e. The highest BCUT2D eigenvalue weighted by Gasteiger charge is 2.04. The van der Waals surface area contributed by atoms with Crippen LogP contribution < -0.4 is 10.6 Å². The van der Waals surface area contributed by atoms with Crippen molar-refractivity contribution in [2.45, 2.75) is 19.8 Å². The molecule has 2 N–H and O–H groups in total. The number of hydrogen-bond donors (Lipinski definition) is 2. The fourth-order valence-electron chi connectivity index (χ4n) is 1.42. The van der Waals surface area contributed by atoms with Crippen LogP contribution in [0.3, 0.4) is 0 Å². The standard InChI is InChI=1S/C12H22ClN5/c1-4-6-15-12-16-9-10(13)11(17-12)14-7-5-8-18(2)3/h9H,4-8H2,1-3H3,(H2,14,15,16,17). The summed E-state index contributed by atoms with van der Waals surface area (Å²) in [6.07, 6.45) is 3.71. The van der Waals surface area contributed by atoms with Gasteiger partial charge in [0.2, 0.25) is 5.95 Å². The van der Waals surface area contributed by atoms with Gasteiger partial charge in [-0.1, -0.05) is 18.5 Å². The van der Waals surface area contributed by atoms with Crippen LogP contribution in [0.5, 0.6) is 0 Å². The Bertz CT molecular complexity index is 356. The minimum atomic E-state index is 0.557. The summed E-state index contributed by atoms with van der Waals surface area (Å²) in [5.74, 6) is 1.32. The summed E-state index contributed by atoms with van der Waals surface area (Å²) in [7, 11) is 4.12. The Morgan fingerprint density at radius 2 is 2.06 bits per heavy atom. The Kier molecular flexibility index (Phi) is 6.75. The first kappa shape index (κ1) is 15.0. The highest BCUT2D eigenvalue weighted by atomic mass is 35.5. The molecule has 0 radical (unpaired) electrons. The number of anilines is 2.